The fraction of sp³-hybridized carbons (Fsp3) is 0.674. The van der Waals surface area contributed by atoms with E-state index in [-0.39, 0.29) is 56.7 Å². The van der Waals surface area contributed by atoms with E-state index in [1.807, 2.05) is 38.1 Å². The van der Waals surface area contributed by atoms with E-state index in [4.69, 9.17) is 9.47 Å². The van der Waals surface area contributed by atoms with Gasteiger partial charge in [0.1, 0.15) is 84.3 Å². The molecule has 118 heavy (non-hydrogen) atoms. The van der Waals surface area contributed by atoms with Crippen LogP contribution in [0.5, 0.6) is 0 Å². The van der Waals surface area contributed by atoms with Crippen LogP contribution in [-0.4, -0.2) is 217 Å². The Balaban J connectivity index is 1.47. The predicted molar refractivity (Wildman–Crippen MR) is 447 cm³/mol. The Kier molecular flexibility index (Phi) is 40.7. The van der Waals surface area contributed by atoms with Crippen molar-refractivity contribution in [1.29, 1.82) is 0 Å². The van der Waals surface area contributed by atoms with Gasteiger partial charge in [0.25, 0.3) is 5.91 Å². The number of rotatable bonds is 37. The minimum absolute atomic E-state index is 0.0176. The van der Waals surface area contributed by atoms with Gasteiger partial charge in [-0.3, -0.25) is 62.3 Å². The number of carbonyl (C=O) groups is 14. The molecule has 13 amide bonds. The molecule has 3 heterocycles. The standard InChI is InChI=1S/C86H137N15O17/c1-20-53(16)70(82(112)99-73-56(19)118-86(116)69(52(14)15)95-74(104)60(22-3)88-76(106)62(45-57-30-24-23-25-31-57)90-78(108)66(49(8)9)92-81(111)71(54(17)21-2)97-84(73)114)96-75(105)61(32-27-39-87-46-58-35-37-59(38-36-58)100-41-43-117-44-42-100)89-77(107)63-33-28-40-101(63)85(115)68(51(12)13)94-80(110)67(50(10)11)93-83(113)72(55(18)102)98-79(109)65(48(6)7)91-64(103)34-26-29-47(4)5/h22-25,30-31,35-38,47-56,61-63,65-73,87,102H,20-21,26-29,32-34,39-46H2,1-19H3,(H,88,106)(H,89,107)(H,90,108)(H,91,103)(H,92,111)(H,93,113)(H,94,110)(H,95,104)(H,96,105)(H,97,114)(H,98,109)(H,99,112)/b60-22-/t53-,54-,55+,56+,61-,62-,63+,65+,66+,67-,68+,69-,70+,71+,72-,73+/m0/s1. The lowest BCUT2D eigenvalue weighted by Gasteiger charge is -2.34. The summed E-state index contributed by atoms with van der Waals surface area (Å²) < 4.78 is 11.6. The summed E-state index contributed by atoms with van der Waals surface area (Å²) in [4.78, 5) is 207. The summed E-state index contributed by atoms with van der Waals surface area (Å²) in [7, 11) is 0. The average molecular weight is 1650 g/mol. The molecule has 0 unspecified atom stereocenters. The van der Waals surface area contributed by atoms with Gasteiger partial charge in [-0.1, -0.05) is 179 Å². The number of likely N-dealkylation sites (tertiary alicyclic amines) is 1. The number of cyclic esters (lactones) is 1. The molecule has 3 aliphatic heterocycles. The molecule has 32 nitrogen and oxygen atoms in total. The van der Waals surface area contributed by atoms with E-state index in [9.17, 15) is 48.3 Å². The third-order valence-electron chi connectivity index (χ3n) is 22.0. The maximum atomic E-state index is 15.4. The molecular weight excluding hydrogens is 1520 g/mol. The van der Waals surface area contributed by atoms with Crippen molar-refractivity contribution in [2.24, 2.45) is 47.3 Å². The second kappa shape index (κ2) is 48.5. The number of hydrogen-bond acceptors (Lipinski definition) is 19. The highest BCUT2D eigenvalue weighted by molar-refractivity contribution is 6.03. The summed E-state index contributed by atoms with van der Waals surface area (Å²) in [6.07, 6.45) is 1.10. The van der Waals surface area contributed by atoms with Crippen molar-refractivity contribution in [1.82, 2.24) is 74.0 Å². The first-order valence-electron chi connectivity index (χ1n) is 42.4. The van der Waals surface area contributed by atoms with Crippen molar-refractivity contribution < 1.29 is 81.7 Å². The maximum absolute atomic E-state index is 15.4. The molecule has 0 aromatic heterocycles. The van der Waals surface area contributed by atoms with E-state index in [1.165, 1.54) is 31.7 Å². The number of aliphatic hydroxyl groups is 1. The molecule has 2 aromatic carbocycles. The van der Waals surface area contributed by atoms with E-state index in [0.717, 1.165) is 30.8 Å². The fourth-order valence-electron chi connectivity index (χ4n) is 14.1. The number of hydrogen-bond donors (Lipinski definition) is 14. The van der Waals surface area contributed by atoms with Crippen molar-refractivity contribution in [3.63, 3.8) is 0 Å². The smallest absolute Gasteiger partial charge is 0.329 e. The Bertz CT molecular complexity index is 3720. The van der Waals surface area contributed by atoms with Gasteiger partial charge in [0.2, 0.25) is 70.9 Å². The normalized spacial score (nSPS) is 22.2. The zero-order valence-electron chi connectivity index (χ0n) is 72.9. The molecule has 3 saturated heterocycles. The van der Waals surface area contributed by atoms with E-state index in [2.05, 4.69) is 74.0 Å². The van der Waals surface area contributed by atoms with E-state index >= 15 is 24.0 Å². The van der Waals surface area contributed by atoms with Gasteiger partial charge >= 0.3 is 5.97 Å². The van der Waals surface area contributed by atoms with Crippen LogP contribution in [0.3, 0.4) is 0 Å². The Morgan fingerprint density at radius 1 is 0.576 bits per heavy atom. The number of allylic oxidation sites excluding steroid dienone is 1. The van der Waals surface area contributed by atoms with E-state index in [0.29, 0.717) is 57.0 Å². The number of anilines is 1. The van der Waals surface area contributed by atoms with Gasteiger partial charge < -0.3 is 93.5 Å². The molecule has 14 N–H and O–H groups in total. The molecule has 3 fully saturated rings. The van der Waals surface area contributed by atoms with Crippen LogP contribution in [0, 0.1) is 47.3 Å². The minimum atomic E-state index is -1.84. The van der Waals surface area contributed by atoms with Crippen LogP contribution in [0.2, 0.25) is 0 Å². The number of esters is 1. The van der Waals surface area contributed by atoms with Crippen LogP contribution in [0.1, 0.15) is 200 Å². The molecular formula is C86H137N15O17. The van der Waals surface area contributed by atoms with Gasteiger partial charge in [-0.2, -0.15) is 0 Å². The number of nitrogens with zero attached hydrogens (tertiary/aromatic N) is 2. The zero-order valence-corrected chi connectivity index (χ0v) is 72.9. The molecule has 0 aliphatic carbocycles. The van der Waals surface area contributed by atoms with Gasteiger partial charge in [0, 0.05) is 44.7 Å². The molecule has 3 aliphatic rings. The van der Waals surface area contributed by atoms with Crippen LogP contribution < -0.4 is 74.0 Å². The molecule has 0 radical (unpaired) electrons. The molecule has 16 atom stereocenters. The van der Waals surface area contributed by atoms with Crippen molar-refractivity contribution >= 4 is 88.5 Å². The number of morpholine rings is 1. The average Bonchev–Trinajstić information content (AvgIpc) is 1.63. The summed E-state index contributed by atoms with van der Waals surface area (Å²) in [5, 5.41) is 47.2. The van der Waals surface area contributed by atoms with Crippen LogP contribution in [0.4, 0.5) is 5.69 Å². The molecule has 0 spiro atoms. The monoisotopic (exact) mass is 1650 g/mol. The van der Waals surface area contributed by atoms with Crippen LogP contribution >= 0.6 is 0 Å². The summed E-state index contributed by atoms with van der Waals surface area (Å²) in [6, 6.07) is 0.321. The van der Waals surface area contributed by atoms with Crippen LogP contribution in [-0.2, 0) is 89.6 Å². The van der Waals surface area contributed by atoms with Crippen molar-refractivity contribution in [2.45, 2.75) is 287 Å². The number of carbonyl (C=O) groups excluding carboxylic acids is 14. The number of aliphatic hydroxyl groups excluding tert-OH is 1. The second-order valence-corrected chi connectivity index (χ2v) is 33.8. The minimum Gasteiger partial charge on any atom is -0.458 e. The summed E-state index contributed by atoms with van der Waals surface area (Å²) in [6.45, 7) is 35.4. The highest BCUT2D eigenvalue weighted by Gasteiger charge is 2.45. The SMILES string of the molecule is C/C=C1\NC(=O)[C@H](Cc2ccccc2)NC(=O)[C@@H](C(C)C)NC(=O)[C@@H]([C@@H](C)CC)NC(=O)[C@H](NC(=O)[C@H](NC(=O)[C@H](CCCNCc2ccc(N3CCOCC3)cc2)NC(=O)[C@H]2CCCN2C(=O)[C@H](NC(=O)[C@@H](NC(=O)[C@@H](NC(=O)[C@H](NC(=O)CCCC(C)C)C(C)C)[C@@H](C)O)C(C)C)C(C)C)[C@@H](C)CC)[C@@H](C)OC(=O)[C@H](C(C)C)NC1=O. The third kappa shape index (κ3) is 30.1. The lowest BCUT2D eigenvalue weighted by molar-refractivity contribution is -0.157. The van der Waals surface area contributed by atoms with Gasteiger partial charge in [0.05, 0.1) is 19.3 Å². The van der Waals surface area contributed by atoms with Crippen LogP contribution in [0.25, 0.3) is 0 Å². The molecule has 0 saturated carbocycles. The molecule has 658 valence electrons. The van der Waals surface area contributed by atoms with E-state index in [1.54, 1.807) is 127 Å². The molecule has 5 rings (SSSR count). The summed E-state index contributed by atoms with van der Waals surface area (Å²) in [5.74, 6) is -15.1. The third-order valence-corrected chi connectivity index (χ3v) is 22.0. The lowest BCUT2D eigenvalue weighted by atomic mass is 9.95. The topological polar surface area (TPSA) is 441 Å². The Hall–Kier alpha value is -9.56. The van der Waals surface area contributed by atoms with Crippen molar-refractivity contribution in [3.8, 4) is 0 Å². The predicted octanol–water partition coefficient (Wildman–Crippen LogP) is 3.50. The molecule has 0 bridgehead atoms. The fourth-order valence-corrected chi connectivity index (χ4v) is 14.1. The second-order valence-electron chi connectivity index (χ2n) is 33.8. The lowest BCUT2D eigenvalue weighted by Crippen LogP contribution is -2.64. The first-order valence-corrected chi connectivity index (χ1v) is 42.4. The number of benzene rings is 2. The number of amides is 13. The van der Waals surface area contributed by atoms with Gasteiger partial charge in [0.15, 0.2) is 0 Å². The largest absolute Gasteiger partial charge is 0.458 e. The molecule has 2 aromatic rings. The number of nitrogens with one attached hydrogen (secondary N) is 13. The summed E-state index contributed by atoms with van der Waals surface area (Å²) in [5.41, 5.74) is 2.41. The highest BCUT2D eigenvalue weighted by Crippen LogP contribution is 2.24. The van der Waals surface area contributed by atoms with Crippen molar-refractivity contribution in [2.75, 3.05) is 44.3 Å². The Labute approximate surface area is 697 Å². The van der Waals surface area contributed by atoms with Gasteiger partial charge in [-0.05, 0) is 130 Å². The molecule has 32 heteroatoms. The Morgan fingerprint density at radius 3 is 1.71 bits per heavy atom. The maximum Gasteiger partial charge on any atom is 0.329 e. The van der Waals surface area contributed by atoms with Crippen LogP contribution in [0.15, 0.2) is 66.4 Å². The highest BCUT2D eigenvalue weighted by atomic mass is 16.5. The van der Waals surface area contributed by atoms with Gasteiger partial charge in [-0.15, -0.1) is 0 Å². The van der Waals surface area contributed by atoms with Crippen molar-refractivity contribution in [3.05, 3.63) is 77.5 Å². The first-order chi connectivity index (χ1) is 55.7. The quantitative estimate of drug-likeness (QED) is 0.0261. The van der Waals surface area contributed by atoms with Gasteiger partial charge in [-0.25, -0.2) is 4.79 Å². The first kappa shape index (κ1) is 99.0. The summed E-state index contributed by atoms with van der Waals surface area (Å²) >= 11 is 0. The number of ether oxygens (including phenoxy) is 2. The Morgan fingerprint density at radius 2 is 1.14 bits per heavy atom. The van der Waals surface area contributed by atoms with E-state index < -0.39 is 203 Å². The zero-order chi connectivity index (χ0) is 87.9.